The molecular formula is C17H20N2O. The van der Waals surface area contributed by atoms with Crippen molar-refractivity contribution in [2.75, 3.05) is 13.6 Å². The van der Waals surface area contributed by atoms with Crippen LogP contribution in [0.25, 0.3) is 10.9 Å². The summed E-state index contributed by atoms with van der Waals surface area (Å²) >= 11 is 0. The molecule has 0 bridgehead atoms. The third-order valence-corrected chi connectivity index (χ3v) is 4.12. The highest BCUT2D eigenvalue weighted by atomic mass is 16.1. The van der Waals surface area contributed by atoms with Crippen LogP contribution in [-0.2, 0) is 13.0 Å². The number of carbonyl (C=O) groups excluding carboxylic acids is 1. The molecule has 1 aliphatic rings. The van der Waals surface area contributed by atoms with E-state index in [1.54, 1.807) is 6.92 Å². The predicted molar refractivity (Wildman–Crippen MR) is 81.3 cm³/mol. The normalized spacial score (nSPS) is 15.4. The number of pyridine rings is 1. The van der Waals surface area contributed by atoms with Crippen molar-refractivity contribution < 1.29 is 4.79 Å². The van der Waals surface area contributed by atoms with Crippen LogP contribution in [0.2, 0.25) is 0 Å². The van der Waals surface area contributed by atoms with Gasteiger partial charge in [0.15, 0.2) is 5.78 Å². The molecule has 0 atom stereocenters. The monoisotopic (exact) mass is 268 g/mol. The lowest BCUT2D eigenvalue weighted by Crippen LogP contribution is -2.29. The van der Waals surface area contributed by atoms with Gasteiger partial charge in [0.05, 0.1) is 5.52 Å². The van der Waals surface area contributed by atoms with E-state index in [9.17, 15) is 4.79 Å². The Morgan fingerprint density at radius 1 is 1.30 bits per heavy atom. The van der Waals surface area contributed by atoms with Gasteiger partial charge >= 0.3 is 0 Å². The fourth-order valence-electron chi connectivity index (χ4n) is 3.23. The summed E-state index contributed by atoms with van der Waals surface area (Å²) < 4.78 is 0. The third kappa shape index (κ3) is 2.02. The number of benzene rings is 1. The molecule has 0 N–H and O–H groups in total. The summed E-state index contributed by atoms with van der Waals surface area (Å²) in [6.45, 7) is 7.64. The molecule has 2 heterocycles. The number of fused-ring (bicyclic) bond motifs is 2. The first-order valence-electron chi connectivity index (χ1n) is 7.09. The number of aromatic nitrogens is 1. The highest BCUT2D eigenvalue weighted by Gasteiger charge is 2.23. The van der Waals surface area contributed by atoms with Gasteiger partial charge in [0.2, 0.25) is 0 Å². The van der Waals surface area contributed by atoms with Crippen molar-refractivity contribution in [3.8, 4) is 0 Å². The Balaban J connectivity index is 2.42. The first-order chi connectivity index (χ1) is 9.47. The second kappa shape index (κ2) is 4.67. The number of likely N-dealkylation sites (N-methyl/N-ethyl adjacent to an activating group) is 1. The van der Waals surface area contributed by atoms with Gasteiger partial charge in [-0.05, 0) is 45.0 Å². The van der Waals surface area contributed by atoms with Gasteiger partial charge in [0, 0.05) is 36.2 Å². The lowest BCUT2D eigenvalue weighted by atomic mass is 9.92. The molecule has 20 heavy (non-hydrogen) atoms. The fourth-order valence-corrected chi connectivity index (χ4v) is 3.23. The summed E-state index contributed by atoms with van der Waals surface area (Å²) in [6.07, 6.45) is 0.926. The molecule has 0 aliphatic carbocycles. The quantitative estimate of drug-likeness (QED) is 0.745. The van der Waals surface area contributed by atoms with Gasteiger partial charge < -0.3 is 4.90 Å². The fraction of sp³-hybridized carbons (Fsp3) is 0.412. The van der Waals surface area contributed by atoms with E-state index in [1.807, 2.05) is 0 Å². The average molecular weight is 268 g/mol. The first-order valence-corrected chi connectivity index (χ1v) is 7.09. The number of hydrogen-bond donors (Lipinski definition) is 0. The third-order valence-electron chi connectivity index (χ3n) is 4.12. The molecule has 3 rings (SSSR count). The number of nitrogens with zero attached hydrogens (tertiary/aromatic N) is 2. The standard InChI is InChI=1S/C17H20N2O/c1-10-7-11(2)17-13(8-10)16(12(3)20)14-9-19(4)6-5-15(14)18-17/h7-8H,5-6,9H2,1-4H3. The molecule has 1 aliphatic heterocycles. The second-order valence-electron chi connectivity index (χ2n) is 5.93. The minimum absolute atomic E-state index is 0.147. The summed E-state index contributed by atoms with van der Waals surface area (Å²) in [4.78, 5) is 19.3. The molecule has 0 spiro atoms. The van der Waals surface area contributed by atoms with E-state index in [0.29, 0.717) is 0 Å². The molecule has 3 heteroatoms. The van der Waals surface area contributed by atoms with E-state index in [-0.39, 0.29) is 5.78 Å². The van der Waals surface area contributed by atoms with Crippen LogP contribution in [-0.4, -0.2) is 29.3 Å². The van der Waals surface area contributed by atoms with Crippen LogP contribution >= 0.6 is 0 Å². The van der Waals surface area contributed by atoms with Gasteiger partial charge in [-0.25, -0.2) is 0 Å². The van der Waals surface area contributed by atoms with Crippen molar-refractivity contribution in [1.82, 2.24) is 9.88 Å². The minimum Gasteiger partial charge on any atom is -0.302 e. The summed E-state index contributed by atoms with van der Waals surface area (Å²) in [7, 11) is 2.10. The van der Waals surface area contributed by atoms with Gasteiger partial charge in [0.25, 0.3) is 0 Å². The Morgan fingerprint density at radius 3 is 2.75 bits per heavy atom. The van der Waals surface area contributed by atoms with E-state index < -0.39 is 0 Å². The van der Waals surface area contributed by atoms with Crippen LogP contribution in [0.15, 0.2) is 12.1 Å². The number of Topliss-reactive ketones (excluding diaryl/α,β-unsaturated/α-hetero) is 1. The highest BCUT2D eigenvalue weighted by molar-refractivity contribution is 6.08. The Kier molecular flexibility index (Phi) is 3.09. The maximum absolute atomic E-state index is 12.2. The molecule has 3 nitrogen and oxygen atoms in total. The molecule has 0 fully saturated rings. The summed E-state index contributed by atoms with van der Waals surface area (Å²) in [5.41, 5.74) is 6.44. The lowest BCUT2D eigenvalue weighted by molar-refractivity contribution is 0.101. The van der Waals surface area contributed by atoms with E-state index >= 15 is 0 Å². The maximum Gasteiger partial charge on any atom is 0.160 e. The van der Waals surface area contributed by atoms with Crippen molar-refractivity contribution in [2.24, 2.45) is 0 Å². The molecule has 0 saturated carbocycles. The van der Waals surface area contributed by atoms with E-state index in [4.69, 9.17) is 4.98 Å². The van der Waals surface area contributed by atoms with Crippen molar-refractivity contribution in [1.29, 1.82) is 0 Å². The molecule has 104 valence electrons. The second-order valence-corrected chi connectivity index (χ2v) is 5.93. The van der Waals surface area contributed by atoms with Crippen molar-refractivity contribution in [3.05, 3.63) is 40.1 Å². The summed E-state index contributed by atoms with van der Waals surface area (Å²) in [6, 6.07) is 4.24. The molecule has 0 radical (unpaired) electrons. The Labute approximate surface area is 119 Å². The highest BCUT2D eigenvalue weighted by Crippen LogP contribution is 2.30. The van der Waals surface area contributed by atoms with Crippen LogP contribution in [0.4, 0.5) is 0 Å². The minimum atomic E-state index is 0.147. The molecule has 2 aromatic rings. The predicted octanol–water partition coefficient (Wildman–Crippen LogP) is 3.04. The van der Waals surface area contributed by atoms with E-state index in [0.717, 1.165) is 52.8 Å². The van der Waals surface area contributed by atoms with Gasteiger partial charge in [-0.1, -0.05) is 11.6 Å². The van der Waals surface area contributed by atoms with Gasteiger partial charge in [-0.3, -0.25) is 9.78 Å². The Hall–Kier alpha value is -1.74. The van der Waals surface area contributed by atoms with Gasteiger partial charge in [-0.15, -0.1) is 0 Å². The SMILES string of the molecule is CC(=O)c1c2c(nc3c(C)cc(C)cc13)CCN(C)C2. The van der Waals surface area contributed by atoms with Crippen LogP contribution in [0.1, 0.15) is 39.7 Å². The van der Waals surface area contributed by atoms with E-state index in [2.05, 4.69) is 37.9 Å². The smallest absolute Gasteiger partial charge is 0.160 e. The first kappa shape index (κ1) is 13.3. The Morgan fingerprint density at radius 2 is 2.05 bits per heavy atom. The lowest BCUT2D eigenvalue weighted by Gasteiger charge is -2.27. The number of hydrogen-bond acceptors (Lipinski definition) is 3. The summed E-state index contributed by atoms with van der Waals surface area (Å²) in [5.74, 6) is 0.147. The van der Waals surface area contributed by atoms with Crippen molar-refractivity contribution in [3.63, 3.8) is 0 Å². The van der Waals surface area contributed by atoms with Crippen molar-refractivity contribution in [2.45, 2.75) is 33.7 Å². The molecule has 0 amide bonds. The number of aryl methyl sites for hydroxylation is 2. The van der Waals surface area contributed by atoms with Crippen LogP contribution in [0.5, 0.6) is 0 Å². The number of rotatable bonds is 1. The molecular weight excluding hydrogens is 248 g/mol. The van der Waals surface area contributed by atoms with Crippen LogP contribution in [0.3, 0.4) is 0 Å². The zero-order chi connectivity index (χ0) is 14.4. The number of ketones is 1. The average Bonchev–Trinajstić information content (AvgIpc) is 2.36. The maximum atomic E-state index is 12.2. The van der Waals surface area contributed by atoms with Crippen LogP contribution in [0, 0.1) is 13.8 Å². The topological polar surface area (TPSA) is 33.2 Å². The van der Waals surface area contributed by atoms with Crippen molar-refractivity contribution >= 4 is 16.7 Å². The molecule has 0 unspecified atom stereocenters. The Bertz CT molecular complexity index is 719. The molecule has 1 aromatic heterocycles. The van der Waals surface area contributed by atoms with E-state index in [1.165, 1.54) is 5.56 Å². The van der Waals surface area contributed by atoms with Gasteiger partial charge in [-0.2, -0.15) is 0 Å². The zero-order valence-electron chi connectivity index (χ0n) is 12.6. The largest absolute Gasteiger partial charge is 0.302 e. The number of carbonyl (C=O) groups is 1. The summed E-state index contributed by atoms with van der Waals surface area (Å²) in [5, 5.41) is 1.02. The van der Waals surface area contributed by atoms with Crippen LogP contribution < -0.4 is 0 Å². The molecule has 0 saturated heterocycles. The van der Waals surface area contributed by atoms with Gasteiger partial charge in [0.1, 0.15) is 0 Å². The zero-order valence-corrected chi connectivity index (χ0v) is 12.6. The molecule has 1 aromatic carbocycles.